The highest BCUT2D eigenvalue weighted by molar-refractivity contribution is 7.98. The molecule has 4 nitrogen and oxygen atoms in total. The van der Waals surface area contributed by atoms with Crippen LogP contribution in [-0.2, 0) is 5.75 Å². The van der Waals surface area contributed by atoms with E-state index in [2.05, 4.69) is 17.4 Å². The number of ether oxygens (including phenoxy) is 2. The van der Waals surface area contributed by atoms with Crippen molar-refractivity contribution in [2.75, 3.05) is 21.3 Å². The summed E-state index contributed by atoms with van der Waals surface area (Å²) in [7, 11) is 4.78. The Morgan fingerprint density at radius 1 is 1.09 bits per heavy atom. The molecule has 0 saturated heterocycles. The van der Waals surface area contributed by atoms with Crippen LogP contribution in [0.1, 0.15) is 15.9 Å². The summed E-state index contributed by atoms with van der Waals surface area (Å²) in [6, 6.07) is 13.6. The normalized spacial score (nSPS) is 10.1. The average Bonchev–Trinajstić information content (AvgIpc) is 2.59. The molecule has 1 amide bonds. The molecular formula is C17H19NO3S. The molecule has 0 radical (unpaired) electrons. The first kappa shape index (κ1) is 16.2. The Hall–Kier alpha value is -2.14. The number of carbonyl (C=O) groups excluding carboxylic acids is 1. The number of hydrogen-bond acceptors (Lipinski definition) is 4. The fraction of sp³-hybridized carbons (Fsp3) is 0.235. The lowest BCUT2D eigenvalue weighted by molar-refractivity contribution is 0.0962. The number of benzene rings is 2. The van der Waals surface area contributed by atoms with E-state index < -0.39 is 0 Å². The smallest absolute Gasteiger partial charge is 0.251 e. The first-order valence-electron chi connectivity index (χ1n) is 6.84. The van der Waals surface area contributed by atoms with Gasteiger partial charge < -0.3 is 14.8 Å². The summed E-state index contributed by atoms with van der Waals surface area (Å²) in [5.41, 5.74) is 1.73. The molecule has 0 heterocycles. The lowest BCUT2D eigenvalue weighted by Crippen LogP contribution is -2.18. The summed E-state index contributed by atoms with van der Waals surface area (Å²) in [5, 5.41) is 2.60. The van der Waals surface area contributed by atoms with Gasteiger partial charge in [0.2, 0.25) is 0 Å². The Balaban J connectivity index is 2.31. The van der Waals surface area contributed by atoms with Crippen LogP contribution in [0.4, 0.5) is 0 Å². The Morgan fingerprint density at radius 3 is 2.18 bits per heavy atom. The molecule has 0 bridgehead atoms. The molecule has 116 valence electrons. The van der Waals surface area contributed by atoms with Crippen LogP contribution in [0.2, 0.25) is 0 Å². The van der Waals surface area contributed by atoms with E-state index in [0.29, 0.717) is 17.1 Å². The van der Waals surface area contributed by atoms with Gasteiger partial charge in [-0.25, -0.2) is 0 Å². The molecule has 2 aromatic rings. The molecule has 0 unspecified atom stereocenters. The zero-order chi connectivity index (χ0) is 15.9. The fourth-order valence-electron chi connectivity index (χ4n) is 2.03. The standard InChI is InChI=1S/C17H19NO3S/c1-18-17(19)13-9-14(20-2)16(15(10-13)21-3)22-11-12-7-5-4-6-8-12/h4-10H,11H2,1-3H3,(H,18,19). The average molecular weight is 317 g/mol. The Morgan fingerprint density at radius 2 is 1.68 bits per heavy atom. The first-order chi connectivity index (χ1) is 10.7. The van der Waals surface area contributed by atoms with E-state index in [4.69, 9.17) is 9.47 Å². The minimum Gasteiger partial charge on any atom is -0.495 e. The third-order valence-electron chi connectivity index (χ3n) is 3.18. The molecule has 0 saturated carbocycles. The highest BCUT2D eigenvalue weighted by Crippen LogP contribution is 2.40. The molecule has 0 aromatic heterocycles. The fourth-order valence-corrected chi connectivity index (χ4v) is 3.10. The van der Waals surface area contributed by atoms with Crippen molar-refractivity contribution in [3.8, 4) is 11.5 Å². The summed E-state index contributed by atoms with van der Waals surface area (Å²) in [6.07, 6.45) is 0. The maximum absolute atomic E-state index is 11.8. The highest BCUT2D eigenvalue weighted by atomic mass is 32.2. The van der Waals surface area contributed by atoms with Gasteiger partial charge in [0.15, 0.2) is 0 Å². The van der Waals surface area contributed by atoms with Crippen molar-refractivity contribution in [1.82, 2.24) is 5.32 Å². The van der Waals surface area contributed by atoms with Crippen LogP contribution < -0.4 is 14.8 Å². The van der Waals surface area contributed by atoms with Gasteiger partial charge in [-0.15, -0.1) is 11.8 Å². The van der Waals surface area contributed by atoms with Crippen molar-refractivity contribution in [2.24, 2.45) is 0 Å². The largest absolute Gasteiger partial charge is 0.495 e. The lowest BCUT2D eigenvalue weighted by atomic mass is 10.2. The monoisotopic (exact) mass is 317 g/mol. The van der Waals surface area contributed by atoms with Crippen molar-refractivity contribution in [3.63, 3.8) is 0 Å². The van der Waals surface area contributed by atoms with Crippen LogP contribution in [-0.4, -0.2) is 27.2 Å². The Bertz CT molecular complexity index is 619. The summed E-state index contributed by atoms with van der Waals surface area (Å²) in [5.74, 6) is 1.90. The van der Waals surface area contributed by atoms with Crippen LogP contribution in [0.5, 0.6) is 11.5 Å². The zero-order valence-electron chi connectivity index (χ0n) is 12.9. The molecule has 0 atom stereocenters. The summed E-state index contributed by atoms with van der Waals surface area (Å²) in [4.78, 5) is 12.7. The van der Waals surface area contributed by atoms with Gasteiger partial charge in [0, 0.05) is 18.4 Å². The van der Waals surface area contributed by atoms with Crippen molar-refractivity contribution in [3.05, 3.63) is 53.6 Å². The third-order valence-corrected chi connectivity index (χ3v) is 4.34. The van der Waals surface area contributed by atoms with Crippen molar-refractivity contribution in [2.45, 2.75) is 10.6 Å². The SMILES string of the molecule is CNC(=O)c1cc(OC)c(SCc2ccccc2)c(OC)c1. The summed E-state index contributed by atoms with van der Waals surface area (Å²) >= 11 is 1.62. The van der Waals surface area contributed by atoms with Crippen molar-refractivity contribution < 1.29 is 14.3 Å². The van der Waals surface area contributed by atoms with Gasteiger partial charge in [-0.3, -0.25) is 4.79 Å². The second-order valence-corrected chi connectivity index (χ2v) is 5.55. The molecule has 22 heavy (non-hydrogen) atoms. The van der Waals surface area contributed by atoms with E-state index >= 15 is 0 Å². The first-order valence-corrected chi connectivity index (χ1v) is 7.83. The minimum absolute atomic E-state index is 0.170. The number of hydrogen-bond donors (Lipinski definition) is 1. The topological polar surface area (TPSA) is 47.6 Å². The molecule has 0 spiro atoms. The predicted octanol–water partition coefficient (Wildman–Crippen LogP) is 3.36. The number of nitrogens with one attached hydrogen (secondary N) is 1. The quantitative estimate of drug-likeness (QED) is 0.830. The number of amides is 1. The Labute approximate surface area is 134 Å². The third kappa shape index (κ3) is 3.74. The van der Waals surface area contributed by atoms with Crippen LogP contribution in [0, 0.1) is 0 Å². The van der Waals surface area contributed by atoms with E-state index in [0.717, 1.165) is 10.6 Å². The summed E-state index contributed by atoms with van der Waals surface area (Å²) < 4.78 is 10.9. The second kappa shape index (κ2) is 7.75. The maximum Gasteiger partial charge on any atom is 0.251 e. The predicted molar refractivity (Wildman–Crippen MR) is 88.9 cm³/mol. The van der Waals surface area contributed by atoms with Gasteiger partial charge >= 0.3 is 0 Å². The molecule has 5 heteroatoms. The van der Waals surface area contributed by atoms with E-state index in [9.17, 15) is 4.79 Å². The van der Waals surface area contributed by atoms with Crippen LogP contribution in [0.15, 0.2) is 47.4 Å². The number of rotatable bonds is 6. The minimum atomic E-state index is -0.170. The van der Waals surface area contributed by atoms with Gasteiger partial charge in [-0.1, -0.05) is 30.3 Å². The zero-order valence-corrected chi connectivity index (χ0v) is 13.7. The lowest BCUT2D eigenvalue weighted by Gasteiger charge is -2.14. The van der Waals surface area contributed by atoms with E-state index in [1.807, 2.05) is 18.2 Å². The van der Waals surface area contributed by atoms with Gasteiger partial charge in [0.25, 0.3) is 5.91 Å². The van der Waals surface area contributed by atoms with Crippen molar-refractivity contribution >= 4 is 17.7 Å². The second-order valence-electron chi connectivity index (χ2n) is 4.56. The molecule has 0 fully saturated rings. The number of thioether (sulfide) groups is 1. The van der Waals surface area contributed by atoms with Gasteiger partial charge in [0.05, 0.1) is 19.1 Å². The number of carbonyl (C=O) groups is 1. The molecule has 0 aliphatic carbocycles. The molecule has 1 N–H and O–H groups in total. The molecule has 0 aliphatic heterocycles. The van der Waals surface area contributed by atoms with E-state index in [1.165, 1.54) is 5.56 Å². The van der Waals surface area contributed by atoms with Crippen molar-refractivity contribution in [1.29, 1.82) is 0 Å². The summed E-state index contributed by atoms with van der Waals surface area (Å²) in [6.45, 7) is 0. The van der Waals surface area contributed by atoms with E-state index in [1.54, 1.807) is 45.2 Å². The molecule has 2 aromatic carbocycles. The molecular weight excluding hydrogens is 298 g/mol. The highest BCUT2D eigenvalue weighted by Gasteiger charge is 2.16. The van der Waals surface area contributed by atoms with Gasteiger partial charge in [0.1, 0.15) is 11.5 Å². The van der Waals surface area contributed by atoms with Crippen LogP contribution >= 0.6 is 11.8 Å². The number of methoxy groups -OCH3 is 2. The van der Waals surface area contributed by atoms with Gasteiger partial charge in [-0.05, 0) is 17.7 Å². The van der Waals surface area contributed by atoms with Crippen LogP contribution in [0.25, 0.3) is 0 Å². The van der Waals surface area contributed by atoms with E-state index in [-0.39, 0.29) is 5.91 Å². The Kier molecular flexibility index (Phi) is 5.72. The molecule has 0 aliphatic rings. The maximum atomic E-state index is 11.8. The van der Waals surface area contributed by atoms with Gasteiger partial charge in [-0.2, -0.15) is 0 Å². The van der Waals surface area contributed by atoms with Crippen LogP contribution in [0.3, 0.4) is 0 Å². The molecule has 2 rings (SSSR count).